The van der Waals surface area contributed by atoms with Gasteiger partial charge in [0, 0.05) is 87.1 Å². The standard InChI is InChI=1S/C44H28N4.C42H26N4/c1-3-13-29(14-4-1)43-35-19-7-10-20-38(35)45-44(46-43)48-40-22-12-9-18-34(40)37-28-31(24-26-42(37)48)30-23-25-41-36(27-30)33-17-8-11-21-39(33)47(41)32-15-5-2-6-16-32;1-3-15-27(16-4-1)39-31-21-9-12-24-34(31)43-42(44-39)46-36-26-14-11-23-33(36)38-37-32-22-10-13-25-35(32)45(28-17-5-2-6-18-28)40(37)29-19-7-8-20-30(29)41(38)46/h1-28H;1-26H. The molecule has 6 heterocycles. The molecule has 0 radical (unpaired) electrons. The van der Waals surface area contributed by atoms with Crippen molar-refractivity contribution >= 4 is 120 Å². The molecule has 0 unspecified atom stereocenters. The average molecular weight is 1200 g/mol. The van der Waals surface area contributed by atoms with Crippen LogP contribution in [0.5, 0.6) is 0 Å². The Labute approximate surface area is 539 Å². The first-order chi connectivity index (χ1) is 46.7. The molecule has 20 aromatic rings. The molecule has 0 saturated carbocycles. The van der Waals surface area contributed by atoms with E-state index in [1.54, 1.807) is 0 Å². The van der Waals surface area contributed by atoms with Crippen molar-refractivity contribution in [1.82, 2.24) is 38.2 Å². The summed E-state index contributed by atoms with van der Waals surface area (Å²) < 4.78 is 9.29. The van der Waals surface area contributed by atoms with Crippen molar-refractivity contribution in [1.29, 1.82) is 0 Å². The third-order valence-electron chi connectivity index (χ3n) is 18.8. The molecule has 0 aliphatic carbocycles. The molecular weight excluding hydrogens is 1150 g/mol. The third-order valence-corrected chi connectivity index (χ3v) is 18.8. The fourth-order valence-electron chi connectivity index (χ4n) is 14.8. The molecular formula is C86H54N8. The SMILES string of the molecule is c1ccc(-c2nc(-n3c4ccccc4c4c5c6ccccc6n(-c6ccccc6)c5c5ccccc5c43)nc3ccccc23)cc1.c1ccc(-c2nc(-n3c4ccccc4c4cc(-c5ccc6c(c5)c5ccccc5n6-c5ccccc5)ccc43)nc3ccccc23)cc1. The van der Waals surface area contributed by atoms with Crippen LogP contribution in [0.25, 0.3) is 177 Å². The van der Waals surface area contributed by atoms with E-state index in [1.807, 2.05) is 18.2 Å². The largest absolute Gasteiger partial charge is 0.309 e. The van der Waals surface area contributed by atoms with Crippen molar-refractivity contribution in [3.8, 4) is 56.9 Å². The summed E-state index contributed by atoms with van der Waals surface area (Å²) in [4.78, 5) is 21.0. The summed E-state index contributed by atoms with van der Waals surface area (Å²) in [7, 11) is 0. The molecule has 8 nitrogen and oxygen atoms in total. The molecule has 20 rings (SSSR count). The average Bonchev–Trinajstić information content (AvgIpc) is 1.52. The third kappa shape index (κ3) is 8.26. The van der Waals surface area contributed by atoms with Crippen molar-refractivity contribution in [3.05, 3.63) is 328 Å². The van der Waals surface area contributed by atoms with Crippen molar-refractivity contribution < 1.29 is 0 Å². The highest BCUT2D eigenvalue weighted by molar-refractivity contribution is 6.37. The van der Waals surface area contributed by atoms with Gasteiger partial charge in [-0.2, -0.15) is 0 Å². The maximum atomic E-state index is 5.36. The Kier molecular flexibility index (Phi) is 12.1. The number of rotatable bonds is 7. The number of nitrogens with zero attached hydrogens (tertiary/aromatic N) is 8. The maximum Gasteiger partial charge on any atom is 0.235 e. The predicted octanol–water partition coefficient (Wildman–Crippen LogP) is 21.8. The summed E-state index contributed by atoms with van der Waals surface area (Å²) in [5.74, 6) is 1.33. The molecule has 94 heavy (non-hydrogen) atoms. The summed E-state index contributed by atoms with van der Waals surface area (Å²) >= 11 is 0. The topological polar surface area (TPSA) is 71.3 Å². The molecule has 0 aliphatic rings. The minimum absolute atomic E-state index is 0.667. The summed E-state index contributed by atoms with van der Waals surface area (Å²) in [6.07, 6.45) is 0. The van der Waals surface area contributed by atoms with Crippen LogP contribution in [-0.2, 0) is 0 Å². The summed E-state index contributed by atoms with van der Waals surface area (Å²) in [6, 6.07) is 116. The van der Waals surface area contributed by atoms with Gasteiger partial charge in [0.05, 0.1) is 66.6 Å². The molecule has 0 amide bonds. The van der Waals surface area contributed by atoms with E-state index < -0.39 is 0 Å². The van der Waals surface area contributed by atoms with Crippen LogP contribution in [0.4, 0.5) is 0 Å². The van der Waals surface area contributed by atoms with Gasteiger partial charge in [0.1, 0.15) is 0 Å². The lowest BCUT2D eigenvalue weighted by molar-refractivity contribution is 1.01. The Bertz CT molecular complexity index is 6400. The van der Waals surface area contributed by atoms with Gasteiger partial charge in [0.25, 0.3) is 0 Å². The van der Waals surface area contributed by atoms with Gasteiger partial charge in [-0.15, -0.1) is 0 Å². The van der Waals surface area contributed by atoms with Crippen LogP contribution in [0.15, 0.2) is 328 Å². The maximum absolute atomic E-state index is 5.36. The van der Waals surface area contributed by atoms with E-state index in [0.29, 0.717) is 11.9 Å². The van der Waals surface area contributed by atoms with Crippen LogP contribution in [0, 0.1) is 0 Å². The van der Waals surface area contributed by atoms with E-state index in [1.165, 1.54) is 87.1 Å². The Morgan fingerprint density at radius 2 is 0.511 bits per heavy atom. The lowest BCUT2D eigenvalue weighted by atomic mass is 9.99. The normalized spacial score (nSPS) is 11.8. The fraction of sp³-hybridized carbons (Fsp3) is 0. The van der Waals surface area contributed by atoms with Crippen LogP contribution in [-0.4, -0.2) is 38.2 Å². The molecule has 438 valence electrons. The number of hydrogen-bond acceptors (Lipinski definition) is 4. The van der Waals surface area contributed by atoms with Gasteiger partial charge in [-0.05, 0) is 96.1 Å². The van der Waals surface area contributed by atoms with Gasteiger partial charge in [-0.1, -0.05) is 243 Å². The molecule has 0 aliphatic heterocycles. The molecule has 0 bridgehead atoms. The lowest BCUT2D eigenvalue weighted by Gasteiger charge is -2.14. The van der Waals surface area contributed by atoms with Gasteiger partial charge in [0.2, 0.25) is 11.9 Å². The Morgan fingerprint density at radius 3 is 0.989 bits per heavy atom. The van der Waals surface area contributed by atoms with Crippen molar-refractivity contribution in [2.24, 2.45) is 0 Å². The van der Waals surface area contributed by atoms with Gasteiger partial charge >= 0.3 is 0 Å². The fourth-order valence-corrected chi connectivity index (χ4v) is 14.8. The molecule has 0 N–H and O–H groups in total. The number of hydrogen-bond donors (Lipinski definition) is 0. The molecule has 0 saturated heterocycles. The van der Waals surface area contributed by atoms with Crippen LogP contribution < -0.4 is 0 Å². The van der Waals surface area contributed by atoms with Gasteiger partial charge in [-0.3, -0.25) is 9.13 Å². The minimum atomic E-state index is 0.667. The number of benzene rings is 14. The van der Waals surface area contributed by atoms with Gasteiger partial charge < -0.3 is 9.13 Å². The highest BCUT2D eigenvalue weighted by Crippen LogP contribution is 2.47. The lowest BCUT2D eigenvalue weighted by Crippen LogP contribution is -2.04. The number of aromatic nitrogens is 8. The Morgan fingerprint density at radius 1 is 0.191 bits per heavy atom. The minimum Gasteiger partial charge on any atom is -0.309 e. The van der Waals surface area contributed by atoms with Crippen molar-refractivity contribution in [2.75, 3.05) is 0 Å². The van der Waals surface area contributed by atoms with Crippen LogP contribution in [0.2, 0.25) is 0 Å². The molecule has 0 atom stereocenters. The quantitative estimate of drug-likeness (QED) is 0.159. The van der Waals surface area contributed by atoms with E-state index in [-0.39, 0.29) is 0 Å². The predicted molar refractivity (Wildman–Crippen MR) is 390 cm³/mol. The monoisotopic (exact) mass is 1200 g/mol. The Balaban J connectivity index is 0.000000134. The van der Waals surface area contributed by atoms with Crippen molar-refractivity contribution in [3.63, 3.8) is 0 Å². The first-order valence-corrected chi connectivity index (χ1v) is 31.9. The zero-order valence-corrected chi connectivity index (χ0v) is 50.8. The van der Waals surface area contributed by atoms with E-state index in [9.17, 15) is 0 Å². The van der Waals surface area contributed by atoms with Crippen LogP contribution in [0.3, 0.4) is 0 Å². The first kappa shape index (κ1) is 53.1. The molecule has 0 fully saturated rings. The molecule has 6 aromatic heterocycles. The highest BCUT2D eigenvalue weighted by Gasteiger charge is 2.26. The highest BCUT2D eigenvalue weighted by atomic mass is 15.2. The summed E-state index contributed by atoms with van der Waals surface area (Å²) in [6.45, 7) is 0. The molecule has 8 heteroatoms. The van der Waals surface area contributed by atoms with Crippen LogP contribution >= 0.6 is 0 Å². The Hall–Kier alpha value is -12.8. The van der Waals surface area contributed by atoms with Gasteiger partial charge in [0.15, 0.2) is 0 Å². The second-order valence-electron chi connectivity index (χ2n) is 24.0. The molecule has 0 spiro atoms. The second-order valence-corrected chi connectivity index (χ2v) is 24.0. The molecule has 14 aromatic carbocycles. The first-order valence-electron chi connectivity index (χ1n) is 31.9. The van der Waals surface area contributed by atoms with E-state index in [2.05, 4.69) is 328 Å². The summed E-state index contributed by atoms with van der Waals surface area (Å²) in [5, 5.41) is 14.1. The summed E-state index contributed by atoms with van der Waals surface area (Å²) in [5.41, 5.74) is 19.7. The van der Waals surface area contributed by atoms with E-state index in [0.717, 1.165) is 77.8 Å². The van der Waals surface area contributed by atoms with E-state index in [4.69, 9.17) is 19.9 Å². The van der Waals surface area contributed by atoms with Gasteiger partial charge in [-0.25, -0.2) is 19.9 Å². The zero-order chi connectivity index (χ0) is 61.8. The second kappa shape index (κ2) is 21.4. The smallest absolute Gasteiger partial charge is 0.235 e. The zero-order valence-electron chi connectivity index (χ0n) is 50.8. The number of para-hydroxylation sites is 8. The van der Waals surface area contributed by atoms with Crippen molar-refractivity contribution in [2.45, 2.75) is 0 Å². The van der Waals surface area contributed by atoms with Crippen LogP contribution in [0.1, 0.15) is 0 Å². The number of fused-ring (bicyclic) bond motifs is 18. The van der Waals surface area contributed by atoms with E-state index >= 15 is 0 Å².